The van der Waals surface area contributed by atoms with Gasteiger partial charge >= 0.3 is 11.9 Å². The van der Waals surface area contributed by atoms with Crippen molar-refractivity contribution in [3.8, 4) is 0 Å². The predicted octanol–water partition coefficient (Wildman–Crippen LogP) is 5.11. The molecule has 4 nitrogen and oxygen atoms in total. The molecule has 134 valence electrons. The highest BCUT2D eigenvalue weighted by atomic mass is 16.4. The lowest BCUT2D eigenvalue weighted by molar-refractivity contribution is -0.182. The molecule has 4 heteroatoms. The van der Waals surface area contributed by atoms with Crippen molar-refractivity contribution < 1.29 is 19.8 Å². The Morgan fingerprint density at radius 3 is 1.78 bits per heavy atom. The van der Waals surface area contributed by atoms with Crippen LogP contribution in [0.3, 0.4) is 0 Å². The van der Waals surface area contributed by atoms with E-state index in [1.165, 1.54) is 0 Å². The first-order valence-corrected chi connectivity index (χ1v) is 9.29. The Balaban J connectivity index is 3.05. The molecule has 0 amide bonds. The summed E-state index contributed by atoms with van der Waals surface area (Å²) in [6.07, 6.45) is 8.24. The van der Waals surface area contributed by atoms with E-state index in [-0.39, 0.29) is 0 Å². The van der Waals surface area contributed by atoms with E-state index < -0.39 is 22.8 Å². The minimum absolute atomic E-state index is 0.495. The Morgan fingerprint density at radius 2 is 1.39 bits per heavy atom. The van der Waals surface area contributed by atoms with E-state index in [1.807, 2.05) is 6.92 Å². The molecular weight excluding hydrogens is 292 g/mol. The van der Waals surface area contributed by atoms with E-state index in [4.69, 9.17) is 0 Å². The second-order valence-corrected chi connectivity index (χ2v) is 7.72. The third-order valence-corrected chi connectivity index (χ3v) is 5.78. The first kappa shape index (κ1) is 20.0. The fourth-order valence-corrected chi connectivity index (χ4v) is 4.36. The highest BCUT2D eigenvalue weighted by Gasteiger charge is 2.61. The molecule has 1 aliphatic carbocycles. The molecule has 1 saturated carbocycles. The number of carboxylic acids is 2. The van der Waals surface area contributed by atoms with E-state index in [1.54, 1.807) is 0 Å². The molecule has 2 N–H and O–H groups in total. The Labute approximate surface area is 140 Å². The maximum atomic E-state index is 12.2. The van der Waals surface area contributed by atoms with Gasteiger partial charge in [0.2, 0.25) is 0 Å². The molecule has 1 fully saturated rings. The van der Waals surface area contributed by atoms with Crippen molar-refractivity contribution in [3.05, 3.63) is 0 Å². The Bertz CT molecular complexity index is 404. The number of hydrogen-bond acceptors (Lipinski definition) is 2. The second-order valence-electron chi connectivity index (χ2n) is 7.72. The van der Waals surface area contributed by atoms with Crippen LogP contribution in [0.2, 0.25) is 0 Å². The van der Waals surface area contributed by atoms with E-state index >= 15 is 0 Å². The molecular formula is C19H34O4. The van der Waals surface area contributed by atoms with E-state index in [0.29, 0.717) is 31.6 Å². The van der Waals surface area contributed by atoms with Gasteiger partial charge in [-0.3, -0.25) is 9.59 Å². The number of rotatable bonds is 10. The Morgan fingerprint density at radius 1 is 0.913 bits per heavy atom. The van der Waals surface area contributed by atoms with Gasteiger partial charge in [0.1, 0.15) is 0 Å². The molecule has 0 aliphatic heterocycles. The van der Waals surface area contributed by atoms with Gasteiger partial charge in [0.15, 0.2) is 0 Å². The van der Waals surface area contributed by atoms with Crippen LogP contribution < -0.4 is 0 Å². The van der Waals surface area contributed by atoms with Crippen molar-refractivity contribution in [2.45, 2.75) is 91.4 Å². The summed E-state index contributed by atoms with van der Waals surface area (Å²) < 4.78 is 0. The first-order chi connectivity index (χ1) is 10.8. The summed E-state index contributed by atoms with van der Waals surface area (Å²) in [5.41, 5.74) is -2.16. The number of unbranched alkanes of at least 4 members (excludes halogenated alkanes) is 2. The average Bonchev–Trinajstić information content (AvgIpc) is 2.49. The summed E-state index contributed by atoms with van der Waals surface area (Å²) in [4.78, 5) is 24.4. The zero-order valence-electron chi connectivity index (χ0n) is 15.1. The van der Waals surface area contributed by atoms with Gasteiger partial charge in [0.25, 0.3) is 0 Å². The smallest absolute Gasteiger partial charge is 0.310 e. The van der Waals surface area contributed by atoms with Crippen molar-refractivity contribution in [2.24, 2.45) is 16.7 Å². The van der Waals surface area contributed by atoms with Crippen molar-refractivity contribution in [1.82, 2.24) is 0 Å². The molecule has 0 spiro atoms. The SMILES string of the molecule is CCCCC1(C(=O)O)CCCCC1(CCCCC(C)C)C(=O)O. The Hall–Kier alpha value is -1.06. The van der Waals surface area contributed by atoms with Gasteiger partial charge in [0, 0.05) is 0 Å². The minimum atomic E-state index is -1.08. The zero-order chi connectivity index (χ0) is 17.5. The minimum Gasteiger partial charge on any atom is -0.481 e. The van der Waals surface area contributed by atoms with E-state index in [2.05, 4.69) is 13.8 Å². The molecule has 1 aliphatic rings. The quantitative estimate of drug-likeness (QED) is 0.547. The lowest BCUT2D eigenvalue weighted by Gasteiger charge is -2.49. The molecule has 0 saturated heterocycles. The monoisotopic (exact) mass is 326 g/mol. The highest BCUT2D eigenvalue weighted by Crippen LogP contribution is 2.56. The zero-order valence-corrected chi connectivity index (χ0v) is 15.1. The second kappa shape index (κ2) is 8.70. The third-order valence-electron chi connectivity index (χ3n) is 5.78. The van der Waals surface area contributed by atoms with Crippen LogP contribution in [0.25, 0.3) is 0 Å². The summed E-state index contributed by atoms with van der Waals surface area (Å²) in [6, 6.07) is 0. The molecule has 0 aromatic rings. The highest BCUT2D eigenvalue weighted by molar-refractivity contribution is 5.87. The molecule has 0 heterocycles. The van der Waals surface area contributed by atoms with Crippen molar-refractivity contribution >= 4 is 11.9 Å². The number of carboxylic acid groups (broad SMARTS) is 2. The summed E-state index contributed by atoms with van der Waals surface area (Å²) in [6.45, 7) is 6.36. The molecule has 0 aromatic carbocycles. The summed E-state index contributed by atoms with van der Waals surface area (Å²) in [5, 5.41) is 20.0. The van der Waals surface area contributed by atoms with Crippen molar-refractivity contribution in [1.29, 1.82) is 0 Å². The largest absolute Gasteiger partial charge is 0.481 e. The van der Waals surface area contributed by atoms with Gasteiger partial charge in [0.05, 0.1) is 10.8 Å². The molecule has 2 unspecified atom stereocenters. The molecule has 2 atom stereocenters. The van der Waals surface area contributed by atoms with Gasteiger partial charge in [-0.2, -0.15) is 0 Å². The Kier molecular flexibility index (Phi) is 7.56. The van der Waals surface area contributed by atoms with E-state index in [9.17, 15) is 19.8 Å². The number of hydrogen-bond donors (Lipinski definition) is 2. The van der Waals surface area contributed by atoms with Crippen molar-refractivity contribution in [3.63, 3.8) is 0 Å². The van der Waals surface area contributed by atoms with Crippen molar-refractivity contribution in [2.75, 3.05) is 0 Å². The molecule has 0 bridgehead atoms. The van der Waals surface area contributed by atoms with E-state index in [0.717, 1.165) is 44.9 Å². The van der Waals surface area contributed by atoms with Crippen LogP contribution in [0.15, 0.2) is 0 Å². The average molecular weight is 326 g/mol. The van der Waals surface area contributed by atoms with Crippen LogP contribution in [-0.2, 0) is 9.59 Å². The van der Waals surface area contributed by atoms with Gasteiger partial charge in [-0.15, -0.1) is 0 Å². The predicted molar refractivity (Wildman–Crippen MR) is 91.4 cm³/mol. The fraction of sp³-hybridized carbons (Fsp3) is 0.895. The lowest BCUT2D eigenvalue weighted by atomic mass is 9.52. The number of aliphatic carboxylic acids is 2. The topological polar surface area (TPSA) is 74.6 Å². The lowest BCUT2D eigenvalue weighted by Crippen LogP contribution is -2.54. The fourth-order valence-electron chi connectivity index (χ4n) is 4.36. The van der Waals surface area contributed by atoms with Gasteiger partial charge in [-0.1, -0.05) is 65.7 Å². The maximum absolute atomic E-state index is 12.2. The van der Waals surface area contributed by atoms with Crippen LogP contribution in [-0.4, -0.2) is 22.2 Å². The molecule has 1 rings (SSSR count). The normalized spacial score (nSPS) is 28.0. The van der Waals surface area contributed by atoms with Gasteiger partial charge < -0.3 is 10.2 Å². The van der Waals surface area contributed by atoms with Crippen LogP contribution >= 0.6 is 0 Å². The van der Waals surface area contributed by atoms with Crippen LogP contribution in [0.5, 0.6) is 0 Å². The maximum Gasteiger partial charge on any atom is 0.310 e. The van der Waals surface area contributed by atoms with Gasteiger partial charge in [-0.25, -0.2) is 0 Å². The summed E-state index contributed by atoms with van der Waals surface area (Å²) >= 11 is 0. The van der Waals surface area contributed by atoms with Gasteiger partial charge in [-0.05, 0) is 31.6 Å². The molecule has 0 radical (unpaired) electrons. The van der Waals surface area contributed by atoms with Crippen LogP contribution in [0, 0.1) is 16.7 Å². The molecule has 23 heavy (non-hydrogen) atoms. The summed E-state index contributed by atoms with van der Waals surface area (Å²) in [5.74, 6) is -1.18. The first-order valence-electron chi connectivity index (χ1n) is 9.29. The molecule has 0 aromatic heterocycles. The number of carbonyl (C=O) groups is 2. The standard InChI is InChI=1S/C19H34O4/c1-4-5-11-18(16(20)21)13-8-9-14-19(18,17(22)23)12-7-6-10-15(2)3/h15H,4-14H2,1-3H3,(H,20,21)(H,22,23). The summed E-state index contributed by atoms with van der Waals surface area (Å²) in [7, 11) is 0. The van der Waals surface area contributed by atoms with Crippen LogP contribution in [0.4, 0.5) is 0 Å². The third kappa shape index (κ3) is 4.27. The van der Waals surface area contributed by atoms with Crippen LogP contribution in [0.1, 0.15) is 91.4 Å².